The highest BCUT2D eigenvalue weighted by atomic mass is 16.1. The van der Waals surface area contributed by atoms with Crippen LogP contribution in [0.4, 0.5) is 5.69 Å². The lowest BCUT2D eigenvalue weighted by atomic mass is 10.0. The summed E-state index contributed by atoms with van der Waals surface area (Å²) in [5.41, 5.74) is 14.6. The minimum atomic E-state index is -0.355. The fourth-order valence-electron chi connectivity index (χ4n) is 2.28. The molecule has 0 saturated heterocycles. The molecule has 0 fully saturated rings. The van der Waals surface area contributed by atoms with Crippen LogP contribution in [0.15, 0.2) is 42.5 Å². The molecule has 0 aliphatic heterocycles. The van der Waals surface area contributed by atoms with Gasteiger partial charge in [0.2, 0.25) is 5.91 Å². The molecule has 0 unspecified atom stereocenters. The molecular weight excluding hydrogens is 238 g/mol. The first-order chi connectivity index (χ1) is 9.15. The Balaban J connectivity index is 2.30. The van der Waals surface area contributed by atoms with E-state index in [-0.39, 0.29) is 12.3 Å². The summed E-state index contributed by atoms with van der Waals surface area (Å²) in [6.07, 6.45) is 0.211. The van der Waals surface area contributed by atoms with Gasteiger partial charge < -0.3 is 11.5 Å². The third-order valence-electron chi connectivity index (χ3n) is 3.16. The number of aromatic nitrogens is 1. The Morgan fingerprint density at radius 1 is 1.05 bits per heavy atom. The minimum absolute atomic E-state index is 0.211. The van der Waals surface area contributed by atoms with Crippen molar-refractivity contribution < 1.29 is 4.79 Å². The highest BCUT2D eigenvalue weighted by Gasteiger charge is 2.07. The number of hydrogen-bond donors (Lipinski definition) is 2. The topological polar surface area (TPSA) is 82.0 Å². The number of primary amides is 1. The van der Waals surface area contributed by atoms with Crippen molar-refractivity contribution in [1.82, 2.24) is 4.98 Å². The van der Waals surface area contributed by atoms with Crippen molar-refractivity contribution in [2.75, 3.05) is 5.73 Å². The number of anilines is 1. The van der Waals surface area contributed by atoms with E-state index >= 15 is 0 Å². The first kappa shape index (κ1) is 11.5. The van der Waals surface area contributed by atoms with Crippen LogP contribution < -0.4 is 11.5 Å². The summed E-state index contributed by atoms with van der Waals surface area (Å²) in [5.74, 6) is -0.355. The van der Waals surface area contributed by atoms with Crippen molar-refractivity contribution in [3.63, 3.8) is 0 Å². The van der Waals surface area contributed by atoms with Crippen LogP contribution in [0.5, 0.6) is 0 Å². The lowest BCUT2D eigenvalue weighted by Crippen LogP contribution is -2.13. The fourth-order valence-corrected chi connectivity index (χ4v) is 2.28. The molecule has 1 amide bonds. The molecule has 1 aromatic heterocycles. The zero-order valence-corrected chi connectivity index (χ0v) is 10.3. The van der Waals surface area contributed by atoms with Gasteiger partial charge in [-0.15, -0.1) is 0 Å². The van der Waals surface area contributed by atoms with E-state index < -0.39 is 0 Å². The van der Waals surface area contributed by atoms with E-state index in [9.17, 15) is 4.79 Å². The van der Waals surface area contributed by atoms with E-state index in [4.69, 9.17) is 11.5 Å². The molecule has 0 atom stereocenters. The van der Waals surface area contributed by atoms with Gasteiger partial charge in [0.25, 0.3) is 0 Å². The van der Waals surface area contributed by atoms with Gasteiger partial charge in [-0.2, -0.15) is 0 Å². The smallest absolute Gasteiger partial charge is 0.221 e. The zero-order chi connectivity index (χ0) is 13.4. The van der Waals surface area contributed by atoms with Gasteiger partial charge in [-0.3, -0.25) is 4.79 Å². The van der Waals surface area contributed by atoms with Crippen molar-refractivity contribution >= 4 is 33.4 Å². The second kappa shape index (κ2) is 4.24. The van der Waals surface area contributed by atoms with E-state index in [1.807, 2.05) is 42.5 Å². The number of nitrogens with two attached hydrogens (primary N) is 2. The number of amides is 1. The van der Waals surface area contributed by atoms with Crippen LogP contribution >= 0.6 is 0 Å². The lowest BCUT2D eigenvalue weighted by Gasteiger charge is -2.08. The summed E-state index contributed by atoms with van der Waals surface area (Å²) in [7, 11) is 0. The summed E-state index contributed by atoms with van der Waals surface area (Å²) in [6, 6.07) is 13.3. The van der Waals surface area contributed by atoms with Crippen molar-refractivity contribution in [3.05, 3.63) is 48.0 Å². The summed E-state index contributed by atoms with van der Waals surface area (Å²) >= 11 is 0. The predicted molar refractivity (Wildman–Crippen MR) is 76.6 cm³/mol. The number of hydrogen-bond acceptors (Lipinski definition) is 3. The molecule has 2 aromatic carbocycles. The predicted octanol–water partition coefficient (Wildman–Crippen LogP) is 2.00. The quantitative estimate of drug-likeness (QED) is 0.683. The zero-order valence-electron chi connectivity index (χ0n) is 10.3. The maximum Gasteiger partial charge on any atom is 0.221 e. The number of carbonyl (C=O) groups is 1. The summed E-state index contributed by atoms with van der Waals surface area (Å²) in [4.78, 5) is 15.5. The average molecular weight is 251 g/mol. The average Bonchev–Trinajstić information content (AvgIpc) is 2.39. The third-order valence-corrected chi connectivity index (χ3v) is 3.16. The molecular formula is C15H13N3O. The van der Waals surface area contributed by atoms with Crippen molar-refractivity contribution in [2.45, 2.75) is 6.42 Å². The van der Waals surface area contributed by atoms with Crippen LogP contribution in [0.1, 0.15) is 5.56 Å². The summed E-state index contributed by atoms with van der Waals surface area (Å²) in [6.45, 7) is 0. The molecule has 4 heteroatoms. The number of fused-ring (bicyclic) bond motifs is 2. The van der Waals surface area contributed by atoms with E-state index in [0.717, 1.165) is 27.4 Å². The van der Waals surface area contributed by atoms with Gasteiger partial charge in [-0.1, -0.05) is 24.3 Å². The number of nitrogens with zero attached hydrogens (tertiary/aromatic N) is 1. The number of pyridine rings is 1. The van der Waals surface area contributed by atoms with E-state index in [1.165, 1.54) is 0 Å². The highest BCUT2D eigenvalue weighted by Crippen LogP contribution is 2.28. The van der Waals surface area contributed by atoms with Gasteiger partial charge in [0.15, 0.2) is 0 Å². The maximum atomic E-state index is 11.0. The number of rotatable bonds is 2. The number of para-hydroxylation sites is 1. The Hall–Kier alpha value is -2.62. The number of benzene rings is 2. The summed E-state index contributed by atoms with van der Waals surface area (Å²) < 4.78 is 0. The molecule has 0 aliphatic carbocycles. The first-order valence-electron chi connectivity index (χ1n) is 6.00. The second-order valence-corrected chi connectivity index (χ2v) is 4.54. The molecule has 4 N–H and O–H groups in total. The van der Waals surface area contributed by atoms with Gasteiger partial charge in [0, 0.05) is 10.8 Å². The Labute approximate surface area is 110 Å². The van der Waals surface area contributed by atoms with Gasteiger partial charge in [0.05, 0.1) is 23.1 Å². The Kier molecular flexibility index (Phi) is 2.56. The van der Waals surface area contributed by atoms with Crippen molar-refractivity contribution in [2.24, 2.45) is 5.73 Å². The largest absolute Gasteiger partial charge is 0.398 e. The Morgan fingerprint density at radius 3 is 2.58 bits per heavy atom. The molecule has 0 spiro atoms. The number of carbonyl (C=O) groups excluding carboxylic acids is 1. The Morgan fingerprint density at radius 2 is 1.79 bits per heavy atom. The SMILES string of the molecule is NC(=O)Cc1ccc2nc3ccccc3c(N)c2c1. The molecule has 0 aliphatic rings. The Bertz CT molecular complexity index is 796. The molecule has 0 radical (unpaired) electrons. The highest BCUT2D eigenvalue weighted by molar-refractivity contribution is 6.06. The molecule has 3 rings (SSSR count). The third kappa shape index (κ3) is 1.97. The van der Waals surface area contributed by atoms with Crippen LogP contribution in [0.2, 0.25) is 0 Å². The van der Waals surface area contributed by atoms with Crippen LogP contribution in [-0.4, -0.2) is 10.9 Å². The van der Waals surface area contributed by atoms with Crippen LogP contribution in [-0.2, 0) is 11.2 Å². The summed E-state index contributed by atoms with van der Waals surface area (Å²) in [5, 5.41) is 1.78. The standard InChI is InChI=1S/C15H13N3O/c16-14(19)8-9-5-6-13-11(7-9)15(17)10-3-1-2-4-12(10)18-13/h1-7H,8H2,(H2,16,19)(H2,17,18). The maximum absolute atomic E-state index is 11.0. The van der Waals surface area contributed by atoms with Gasteiger partial charge in [0.1, 0.15) is 0 Å². The van der Waals surface area contributed by atoms with Gasteiger partial charge in [-0.25, -0.2) is 4.98 Å². The fraction of sp³-hybridized carbons (Fsp3) is 0.0667. The van der Waals surface area contributed by atoms with E-state index in [2.05, 4.69) is 4.98 Å². The van der Waals surface area contributed by atoms with E-state index in [0.29, 0.717) is 5.69 Å². The molecule has 0 saturated carbocycles. The van der Waals surface area contributed by atoms with Crippen LogP contribution in [0.25, 0.3) is 21.8 Å². The van der Waals surface area contributed by atoms with Crippen molar-refractivity contribution in [1.29, 1.82) is 0 Å². The normalized spacial score (nSPS) is 10.9. The molecule has 3 aromatic rings. The van der Waals surface area contributed by atoms with E-state index in [1.54, 1.807) is 0 Å². The van der Waals surface area contributed by atoms with Crippen molar-refractivity contribution in [3.8, 4) is 0 Å². The van der Waals surface area contributed by atoms with Crippen LogP contribution in [0, 0.1) is 0 Å². The molecule has 19 heavy (non-hydrogen) atoms. The van der Waals surface area contributed by atoms with Gasteiger partial charge >= 0.3 is 0 Å². The second-order valence-electron chi connectivity index (χ2n) is 4.54. The molecule has 4 nitrogen and oxygen atoms in total. The lowest BCUT2D eigenvalue weighted by molar-refractivity contribution is -0.117. The van der Waals surface area contributed by atoms with Crippen LogP contribution in [0.3, 0.4) is 0 Å². The molecule has 0 bridgehead atoms. The first-order valence-corrected chi connectivity index (χ1v) is 6.00. The molecule has 1 heterocycles. The molecule has 94 valence electrons. The number of nitrogen functional groups attached to an aromatic ring is 1. The minimum Gasteiger partial charge on any atom is -0.398 e. The van der Waals surface area contributed by atoms with Gasteiger partial charge in [-0.05, 0) is 23.8 Å². The monoisotopic (exact) mass is 251 g/mol.